The number of carbonyl (C=O) groups is 1. The Bertz CT molecular complexity index is 829. The van der Waals surface area contributed by atoms with E-state index in [4.69, 9.17) is 9.47 Å². The van der Waals surface area contributed by atoms with Gasteiger partial charge in [-0.1, -0.05) is 54.3 Å². The maximum Gasteiger partial charge on any atom is 0.415 e. The second-order valence-electron chi connectivity index (χ2n) is 5.99. The molecule has 0 N–H and O–H groups in total. The molecule has 0 atom stereocenters. The Balaban J connectivity index is 1.48. The van der Waals surface area contributed by atoms with Crippen LogP contribution in [0, 0.1) is 11.8 Å². The largest absolute Gasteiger partial charge is 0.497 e. The number of hydrogen-bond donors (Lipinski definition) is 0. The van der Waals surface area contributed by atoms with Gasteiger partial charge in [-0.05, 0) is 29.7 Å². The van der Waals surface area contributed by atoms with E-state index in [9.17, 15) is 4.79 Å². The molecule has 2 aromatic rings. The fourth-order valence-corrected chi connectivity index (χ4v) is 2.66. The molecule has 1 aliphatic heterocycles. The van der Waals surface area contributed by atoms with Gasteiger partial charge in [-0.15, -0.1) is 0 Å². The first-order valence-electron chi connectivity index (χ1n) is 8.55. The molecule has 1 amide bonds. The highest BCUT2D eigenvalue weighted by Gasteiger charge is 2.26. The van der Waals surface area contributed by atoms with Gasteiger partial charge in [0.2, 0.25) is 0 Å². The lowest BCUT2D eigenvalue weighted by molar-refractivity contribution is 0.167. The second-order valence-corrected chi connectivity index (χ2v) is 5.99. The van der Waals surface area contributed by atoms with Crippen LogP contribution in [0.15, 0.2) is 66.4 Å². The molecule has 3 rings (SSSR count). The van der Waals surface area contributed by atoms with E-state index in [1.54, 1.807) is 18.1 Å². The Morgan fingerprint density at radius 1 is 1.12 bits per heavy atom. The maximum absolute atomic E-state index is 11.9. The van der Waals surface area contributed by atoms with Crippen molar-refractivity contribution in [1.82, 2.24) is 4.90 Å². The van der Waals surface area contributed by atoms with Crippen molar-refractivity contribution in [3.63, 3.8) is 0 Å². The number of ether oxygens (including phenoxy) is 2. The number of amides is 1. The van der Waals surface area contributed by atoms with Crippen molar-refractivity contribution in [2.45, 2.75) is 19.4 Å². The van der Waals surface area contributed by atoms with E-state index >= 15 is 0 Å². The zero-order chi connectivity index (χ0) is 18.2. The second kappa shape index (κ2) is 8.77. The highest BCUT2D eigenvalue weighted by Crippen LogP contribution is 2.17. The molecule has 2 aromatic carbocycles. The molecule has 4 nitrogen and oxygen atoms in total. The topological polar surface area (TPSA) is 38.8 Å². The number of aryl methyl sites for hydroxylation is 1. The molecule has 1 saturated heterocycles. The molecule has 0 saturated carbocycles. The summed E-state index contributed by atoms with van der Waals surface area (Å²) in [7, 11) is 1.66. The van der Waals surface area contributed by atoms with Crippen LogP contribution < -0.4 is 4.74 Å². The van der Waals surface area contributed by atoms with E-state index in [-0.39, 0.29) is 6.09 Å². The third-order valence-electron chi connectivity index (χ3n) is 4.07. The quantitative estimate of drug-likeness (QED) is 0.762. The van der Waals surface area contributed by atoms with Crippen LogP contribution >= 0.6 is 0 Å². The fraction of sp³-hybridized carbons (Fsp3) is 0.227. The van der Waals surface area contributed by atoms with Crippen molar-refractivity contribution in [3.05, 3.63) is 77.6 Å². The van der Waals surface area contributed by atoms with Crippen molar-refractivity contribution >= 4 is 6.09 Å². The summed E-state index contributed by atoms with van der Waals surface area (Å²) in [5.74, 6) is 7.54. The maximum atomic E-state index is 11.9. The third-order valence-corrected chi connectivity index (χ3v) is 4.07. The van der Waals surface area contributed by atoms with Gasteiger partial charge < -0.3 is 9.47 Å². The minimum absolute atomic E-state index is 0.319. The number of hydrogen-bond acceptors (Lipinski definition) is 3. The summed E-state index contributed by atoms with van der Waals surface area (Å²) in [6, 6.07) is 17.8. The first-order valence-corrected chi connectivity index (χ1v) is 8.55. The minimum atomic E-state index is -0.319. The summed E-state index contributed by atoms with van der Waals surface area (Å²) < 4.78 is 10.4. The number of nitrogens with zero attached hydrogens (tertiary/aromatic N) is 1. The lowest BCUT2D eigenvalue weighted by atomic mass is 10.1. The highest BCUT2D eigenvalue weighted by atomic mass is 16.6. The van der Waals surface area contributed by atoms with Gasteiger partial charge >= 0.3 is 6.09 Å². The molecule has 0 unspecified atom stereocenters. The number of carbonyl (C=O) groups excluding carboxylic acids is 1. The average Bonchev–Trinajstić information content (AvgIpc) is 3.02. The first-order chi connectivity index (χ1) is 12.7. The van der Waals surface area contributed by atoms with Gasteiger partial charge in [-0.2, -0.15) is 0 Å². The number of benzene rings is 2. The molecule has 1 fully saturated rings. The molecule has 0 aromatic heterocycles. The fourth-order valence-electron chi connectivity index (χ4n) is 2.66. The van der Waals surface area contributed by atoms with E-state index in [1.165, 1.54) is 5.56 Å². The summed E-state index contributed by atoms with van der Waals surface area (Å²) in [4.78, 5) is 13.6. The molecule has 1 heterocycles. The van der Waals surface area contributed by atoms with Crippen molar-refractivity contribution in [2.24, 2.45) is 0 Å². The summed E-state index contributed by atoms with van der Waals surface area (Å²) in [5.41, 5.74) is 2.30. The number of allylic oxidation sites excluding steroid dienone is 1. The van der Waals surface area contributed by atoms with Crippen molar-refractivity contribution in [1.29, 1.82) is 0 Å². The SMILES string of the molecule is COc1ccc(CCC#C/C=C2\CN(Cc3ccccc3)C(=O)O2)cc1. The van der Waals surface area contributed by atoms with E-state index < -0.39 is 0 Å². The van der Waals surface area contributed by atoms with Crippen LogP contribution in [0.3, 0.4) is 0 Å². The average molecular weight is 347 g/mol. The molecule has 0 radical (unpaired) electrons. The standard InChI is InChI=1S/C22H21NO3/c1-25-20-14-12-18(13-15-20)8-4-3-7-11-21-17-23(22(24)26-21)16-19-9-5-2-6-10-19/h2,5-6,9-15H,4,8,16-17H2,1H3/b21-11+. The first kappa shape index (κ1) is 17.6. The van der Waals surface area contributed by atoms with E-state index in [2.05, 4.69) is 11.8 Å². The molecule has 0 bridgehead atoms. The van der Waals surface area contributed by atoms with Gasteiger partial charge in [0.25, 0.3) is 0 Å². The smallest absolute Gasteiger partial charge is 0.415 e. The van der Waals surface area contributed by atoms with Crippen molar-refractivity contribution < 1.29 is 14.3 Å². The van der Waals surface area contributed by atoms with Crippen molar-refractivity contribution in [2.75, 3.05) is 13.7 Å². The van der Waals surface area contributed by atoms with Gasteiger partial charge in [-0.3, -0.25) is 4.90 Å². The lowest BCUT2D eigenvalue weighted by Gasteiger charge is -2.11. The zero-order valence-electron chi connectivity index (χ0n) is 14.8. The van der Waals surface area contributed by atoms with Gasteiger partial charge in [0.1, 0.15) is 11.5 Å². The Morgan fingerprint density at radius 2 is 1.88 bits per heavy atom. The Labute approximate surface area is 154 Å². The number of cyclic esters (lactones) is 1. The van der Waals surface area contributed by atoms with Gasteiger partial charge in [0, 0.05) is 19.0 Å². The molecule has 4 heteroatoms. The number of rotatable bonds is 5. The minimum Gasteiger partial charge on any atom is -0.497 e. The zero-order valence-corrected chi connectivity index (χ0v) is 14.8. The Morgan fingerprint density at radius 3 is 2.62 bits per heavy atom. The van der Waals surface area contributed by atoms with E-state index in [1.807, 2.05) is 54.6 Å². The predicted molar refractivity (Wildman–Crippen MR) is 101 cm³/mol. The molecule has 0 aliphatic carbocycles. The molecule has 0 spiro atoms. The molecular formula is C22H21NO3. The summed E-state index contributed by atoms with van der Waals surface area (Å²) >= 11 is 0. The predicted octanol–water partition coefficient (Wildman–Crippen LogP) is 4.17. The molecular weight excluding hydrogens is 326 g/mol. The Kier molecular flexibility index (Phi) is 5.95. The van der Waals surface area contributed by atoms with E-state index in [0.29, 0.717) is 18.8 Å². The van der Waals surface area contributed by atoms with Crippen LogP contribution in [-0.2, 0) is 17.7 Å². The van der Waals surface area contributed by atoms with Crippen LogP contribution in [-0.4, -0.2) is 24.6 Å². The van der Waals surface area contributed by atoms with Gasteiger partial charge in [0.05, 0.1) is 13.7 Å². The summed E-state index contributed by atoms with van der Waals surface area (Å²) in [5, 5.41) is 0. The normalized spacial score (nSPS) is 14.7. The van der Waals surface area contributed by atoms with Crippen LogP contribution in [0.5, 0.6) is 5.75 Å². The summed E-state index contributed by atoms with van der Waals surface area (Å²) in [6.07, 6.45) is 2.99. The summed E-state index contributed by atoms with van der Waals surface area (Å²) in [6.45, 7) is 1.00. The monoisotopic (exact) mass is 347 g/mol. The molecule has 132 valence electrons. The van der Waals surface area contributed by atoms with Gasteiger partial charge in [0.15, 0.2) is 0 Å². The van der Waals surface area contributed by atoms with Crippen LogP contribution in [0.1, 0.15) is 17.5 Å². The van der Waals surface area contributed by atoms with E-state index in [0.717, 1.165) is 24.2 Å². The third kappa shape index (κ3) is 4.90. The highest BCUT2D eigenvalue weighted by molar-refractivity contribution is 5.72. The van der Waals surface area contributed by atoms with Gasteiger partial charge in [-0.25, -0.2) is 4.79 Å². The van der Waals surface area contributed by atoms with Crippen molar-refractivity contribution in [3.8, 4) is 17.6 Å². The van der Waals surface area contributed by atoms with Crippen LogP contribution in [0.2, 0.25) is 0 Å². The number of methoxy groups -OCH3 is 1. The van der Waals surface area contributed by atoms with Crippen LogP contribution in [0.25, 0.3) is 0 Å². The Hall–Kier alpha value is -3.19. The van der Waals surface area contributed by atoms with Crippen LogP contribution in [0.4, 0.5) is 4.79 Å². The lowest BCUT2D eigenvalue weighted by Crippen LogP contribution is -2.23. The molecule has 1 aliphatic rings. The molecule has 26 heavy (non-hydrogen) atoms.